The minimum atomic E-state index is 0.630. The Bertz CT molecular complexity index is 577. The number of H-pyrrole nitrogens is 1. The number of aromatic amines is 1. The van der Waals surface area contributed by atoms with E-state index in [2.05, 4.69) is 20.1 Å². The van der Waals surface area contributed by atoms with Crippen LogP contribution in [0.3, 0.4) is 0 Å². The first-order valence-corrected chi connectivity index (χ1v) is 4.57. The van der Waals surface area contributed by atoms with Crippen LogP contribution in [-0.4, -0.2) is 20.1 Å². The molecule has 3 aromatic heterocycles. The quantitative estimate of drug-likeness (QED) is 0.651. The Kier molecular flexibility index (Phi) is 1.58. The van der Waals surface area contributed by atoms with Gasteiger partial charge in [-0.1, -0.05) is 5.16 Å². The molecule has 0 amide bonds. The molecule has 0 saturated heterocycles. The maximum absolute atomic E-state index is 5.11. The van der Waals surface area contributed by atoms with E-state index in [9.17, 15) is 0 Å². The fraction of sp³-hybridized carbons (Fsp3) is 0.100. The van der Waals surface area contributed by atoms with Crippen LogP contribution in [0.4, 0.5) is 0 Å². The Labute approximate surface area is 85.1 Å². The number of nitrogens with one attached hydrogen (secondary N) is 1. The van der Waals surface area contributed by atoms with Crippen LogP contribution in [0.2, 0.25) is 0 Å². The van der Waals surface area contributed by atoms with Gasteiger partial charge in [-0.15, -0.1) is 0 Å². The summed E-state index contributed by atoms with van der Waals surface area (Å²) >= 11 is 0. The third-order valence-electron chi connectivity index (χ3n) is 2.12. The summed E-state index contributed by atoms with van der Waals surface area (Å²) in [7, 11) is 0. The largest absolute Gasteiger partial charge is 0.353 e. The number of aromatic nitrogens is 4. The first kappa shape index (κ1) is 8.16. The number of aryl methyl sites for hydroxylation is 1. The molecule has 0 fully saturated rings. The predicted octanol–water partition coefficient (Wildman–Crippen LogP) is 1.92. The Morgan fingerprint density at radius 2 is 2.33 bits per heavy atom. The minimum Gasteiger partial charge on any atom is -0.353 e. The van der Waals surface area contributed by atoms with E-state index < -0.39 is 0 Å². The highest BCUT2D eigenvalue weighted by Crippen LogP contribution is 2.19. The molecule has 0 atom stereocenters. The van der Waals surface area contributed by atoms with E-state index in [-0.39, 0.29) is 0 Å². The van der Waals surface area contributed by atoms with Gasteiger partial charge in [0.05, 0.1) is 11.2 Å². The summed E-state index contributed by atoms with van der Waals surface area (Å²) in [6, 6.07) is 5.61. The molecule has 0 aliphatic rings. The van der Waals surface area contributed by atoms with Gasteiger partial charge in [0.2, 0.25) is 5.76 Å². The van der Waals surface area contributed by atoms with E-state index in [1.54, 1.807) is 6.20 Å². The van der Waals surface area contributed by atoms with Crippen molar-refractivity contribution >= 4 is 11.2 Å². The summed E-state index contributed by atoms with van der Waals surface area (Å²) in [5.74, 6) is 1.29. The van der Waals surface area contributed by atoms with Crippen LogP contribution >= 0.6 is 0 Å². The second kappa shape index (κ2) is 2.91. The monoisotopic (exact) mass is 200 g/mol. The van der Waals surface area contributed by atoms with Crippen molar-refractivity contribution in [2.75, 3.05) is 0 Å². The van der Waals surface area contributed by atoms with Gasteiger partial charge in [0.25, 0.3) is 0 Å². The van der Waals surface area contributed by atoms with E-state index in [1.807, 2.05) is 25.1 Å². The summed E-state index contributed by atoms with van der Waals surface area (Å²) < 4.78 is 5.11. The van der Waals surface area contributed by atoms with Gasteiger partial charge in [-0.05, 0) is 19.1 Å². The first-order chi connectivity index (χ1) is 7.33. The normalized spacial score (nSPS) is 11.0. The van der Waals surface area contributed by atoms with Gasteiger partial charge in [-0.3, -0.25) is 0 Å². The Balaban J connectivity index is 2.19. The van der Waals surface area contributed by atoms with Gasteiger partial charge in [0.1, 0.15) is 0 Å². The molecule has 1 N–H and O–H groups in total. The Hall–Kier alpha value is -2.17. The molecule has 0 unspecified atom stereocenters. The van der Waals surface area contributed by atoms with Crippen molar-refractivity contribution in [3.05, 3.63) is 30.1 Å². The molecule has 0 saturated carbocycles. The van der Waals surface area contributed by atoms with Crippen LogP contribution in [0, 0.1) is 6.92 Å². The smallest absolute Gasteiger partial charge is 0.202 e. The summed E-state index contributed by atoms with van der Waals surface area (Å²) in [4.78, 5) is 11.5. The van der Waals surface area contributed by atoms with Crippen LogP contribution < -0.4 is 0 Å². The van der Waals surface area contributed by atoms with Crippen LogP contribution in [0.15, 0.2) is 28.9 Å². The number of rotatable bonds is 1. The molecule has 5 heteroatoms. The number of pyridine rings is 1. The molecule has 0 aliphatic heterocycles. The molecule has 3 heterocycles. The lowest BCUT2D eigenvalue weighted by Crippen LogP contribution is -1.75. The number of hydrogen-bond acceptors (Lipinski definition) is 4. The first-order valence-electron chi connectivity index (χ1n) is 4.57. The number of fused-ring (bicyclic) bond motifs is 1. The Morgan fingerprint density at radius 1 is 1.40 bits per heavy atom. The van der Waals surface area contributed by atoms with E-state index in [4.69, 9.17) is 4.52 Å². The lowest BCUT2D eigenvalue weighted by atomic mass is 10.4. The number of imidazole rings is 1. The molecule has 0 aromatic carbocycles. The SMILES string of the molecule is Cc1cc(-c2nc3ncccc3[nH]2)on1. The van der Waals surface area contributed by atoms with Crippen molar-refractivity contribution in [2.24, 2.45) is 0 Å². The average Bonchev–Trinajstić information content (AvgIpc) is 2.82. The number of hydrogen-bond donors (Lipinski definition) is 1. The fourth-order valence-corrected chi connectivity index (χ4v) is 1.44. The van der Waals surface area contributed by atoms with Crippen molar-refractivity contribution in [1.82, 2.24) is 20.1 Å². The average molecular weight is 200 g/mol. The van der Waals surface area contributed by atoms with Gasteiger partial charge in [-0.2, -0.15) is 0 Å². The molecule has 5 nitrogen and oxygen atoms in total. The summed E-state index contributed by atoms with van der Waals surface area (Å²) in [5, 5.41) is 3.81. The maximum Gasteiger partial charge on any atom is 0.202 e. The molecule has 0 spiro atoms. The zero-order valence-electron chi connectivity index (χ0n) is 8.06. The minimum absolute atomic E-state index is 0.630. The van der Waals surface area contributed by atoms with Crippen molar-refractivity contribution in [3.8, 4) is 11.6 Å². The van der Waals surface area contributed by atoms with Crippen molar-refractivity contribution in [2.45, 2.75) is 6.92 Å². The van der Waals surface area contributed by atoms with Crippen LogP contribution in [0.25, 0.3) is 22.7 Å². The van der Waals surface area contributed by atoms with Gasteiger partial charge < -0.3 is 9.51 Å². The van der Waals surface area contributed by atoms with E-state index in [0.717, 1.165) is 11.2 Å². The molecule has 3 rings (SSSR count). The maximum atomic E-state index is 5.11. The second-order valence-corrected chi connectivity index (χ2v) is 3.29. The highest BCUT2D eigenvalue weighted by molar-refractivity contribution is 5.74. The molecular formula is C10H8N4O. The van der Waals surface area contributed by atoms with Gasteiger partial charge >= 0.3 is 0 Å². The van der Waals surface area contributed by atoms with E-state index in [0.29, 0.717) is 17.2 Å². The van der Waals surface area contributed by atoms with Crippen LogP contribution in [0.1, 0.15) is 5.69 Å². The highest BCUT2D eigenvalue weighted by atomic mass is 16.5. The van der Waals surface area contributed by atoms with Crippen molar-refractivity contribution in [1.29, 1.82) is 0 Å². The summed E-state index contributed by atoms with van der Waals surface area (Å²) in [5.41, 5.74) is 2.40. The predicted molar refractivity (Wildman–Crippen MR) is 54.1 cm³/mol. The van der Waals surface area contributed by atoms with Gasteiger partial charge in [0.15, 0.2) is 11.5 Å². The third kappa shape index (κ3) is 1.28. The zero-order valence-corrected chi connectivity index (χ0v) is 8.06. The van der Waals surface area contributed by atoms with Crippen molar-refractivity contribution in [3.63, 3.8) is 0 Å². The van der Waals surface area contributed by atoms with Crippen LogP contribution in [0.5, 0.6) is 0 Å². The lowest BCUT2D eigenvalue weighted by molar-refractivity contribution is 0.425. The molecule has 3 aromatic rings. The second-order valence-electron chi connectivity index (χ2n) is 3.29. The van der Waals surface area contributed by atoms with E-state index in [1.165, 1.54) is 0 Å². The fourth-order valence-electron chi connectivity index (χ4n) is 1.44. The molecule has 0 radical (unpaired) electrons. The molecular weight excluding hydrogens is 192 g/mol. The van der Waals surface area contributed by atoms with Gasteiger partial charge in [0, 0.05) is 12.3 Å². The molecule has 15 heavy (non-hydrogen) atoms. The van der Waals surface area contributed by atoms with Crippen LogP contribution in [-0.2, 0) is 0 Å². The lowest BCUT2D eigenvalue weighted by Gasteiger charge is -1.83. The molecule has 0 bridgehead atoms. The third-order valence-corrected chi connectivity index (χ3v) is 2.12. The van der Waals surface area contributed by atoms with Crippen molar-refractivity contribution < 1.29 is 4.52 Å². The summed E-state index contributed by atoms with van der Waals surface area (Å²) in [6.45, 7) is 1.87. The van der Waals surface area contributed by atoms with Gasteiger partial charge in [-0.25, -0.2) is 9.97 Å². The molecule has 0 aliphatic carbocycles. The zero-order chi connectivity index (χ0) is 10.3. The van der Waals surface area contributed by atoms with E-state index >= 15 is 0 Å². The highest BCUT2D eigenvalue weighted by Gasteiger charge is 2.09. The Morgan fingerprint density at radius 3 is 3.07 bits per heavy atom. The number of nitrogens with zero attached hydrogens (tertiary/aromatic N) is 3. The summed E-state index contributed by atoms with van der Waals surface area (Å²) in [6.07, 6.45) is 1.71. The molecule has 74 valence electrons. The standard InChI is InChI=1S/C10H8N4O/c1-6-5-8(15-14-6)10-12-7-3-2-4-11-9(7)13-10/h2-5H,1H3,(H,11,12,13). The topological polar surface area (TPSA) is 67.6 Å².